The molecule has 22 heavy (non-hydrogen) atoms. The Kier molecular flexibility index (Phi) is 3.48. The number of rotatable bonds is 2. The van der Waals surface area contributed by atoms with Crippen LogP contribution in [0.25, 0.3) is 16.9 Å². The van der Waals surface area contributed by atoms with E-state index in [0.29, 0.717) is 11.4 Å². The SMILES string of the molecule is Cc1ccccc1-c1cc(C(F)(F)F)nn1-c1ccccc1. The number of para-hydroxylation sites is 1. The molecule has 0 bridgehead atoms. The first kappa shape index (κ1) is 14.4. The highest BCUT2D eigenvalue weighted by Gasteiger charge is 2.35. The van der Waals surface area contributed by atoms with Crippen LogP contribution in [0.2, 0.25) is 0 Å². The van der Waals surface area contributed by atoms with E-state index >= 15 is 0 Å². The van der Waals surface area contributed by atoms with Crippen LogP contribution >= 0.6 is 0 Å². The molecule has 0 saturated carbocycles. The quantitative estimate of drug-likeness (QED) is 0.660. The molecule has 0 N–H and O–H groups in total. The van der Waals surface area contributed by atoms with Crippen LogP contribution in [0.15, 0.2) is 60.7 Å². The number of nitrogens with zero attached hydrogens (tertiary/aromatic N) is 2. The molecule has 5 heteroatoms. The highest BCUT2D eigenvalue weighted by Crippen LogP contribution is 2.34. The third kappa shape index (κ3) is 2.62. The number of halogens is 3. The average Bonchev–Trinajstić information content (AvgIpc) is 2.94. The molecule has 0 amide bonds. The molecule has 0 fully saturated rings. The molecule has 0 saturated heterocycles. The van der Waals surface area contributed by atoms with Crippen molar-refractivity contribution in [1.29, 1.82) is 0 Å². The summed E-state index contributed by atoms with van der Waals surface area (Å²) < 4.78 is 40.5. The molecule has 0 atom stereocenters. The summed E-state index contributed by atoms with van der Waals surface area (Å²) in [5.41, 5.74) is 1.75. The van der Waals surface area contributed by atoms with Crippen LogP contribution in [0, 0.1) is 6.92 Å². The minimum atomic E-state index is -4.47. The molecule has 0 aliphatic heterocycles. The van der Waals surface area contributed by atoms with Gasteiger partial charge in [-0.15, -0.1) is 0 Å². The third-order valence-electron chi connectivity index (χ3n) is 3.42. The summed E-state index contributed by atoms with van der Waals surface area (Å²) in [5.74, 6) is 0. The van der Waals surface area contributed by atoms with Crippen LogP contribution < -0.4 is 0 Å². The minimum Gasteiger partial charge on any atom is -0.232 e. The van der Waals surface area contributed by atoms with Crippen molar-refractivity contribution < 1.29 is 13.2 Å². The zero-order valence-corrected chi connectivity index (χ0v) is 11.8. The van der Waals surface area contributed by atoms with Gasteiger partial charge in [0.15, 0.2) is 5.69 Å². The van der Waals surface area contributed by atoms with E-state index in [-0.39, 0.29) is 0 Å². The minimum absolute atomic E-state index is 0.427. The van der Waals surface area contributed by atoms with Crippen molar-refractivity contribution in [2.24, 2.45) is 0 Å². The molecule has 0 aliphatic carbocycles. The molecule has 3 aromatic rings. The van der Waals surface area contributed by atoms with Gasteiger partial charge in [-0.3, -0.25) is 0 Å². The Balaban J connectivity index is 2.25. The van der Waals surface area contributed by atoms with Crippen LogP contribution in [0.5, 0.6) is 0 Å². The maximum absolute atomic E-state index is 13.0. The fourth-order valence-electron chi connectivity index (χ4n) is 2.34. The van der Waals surface area contributed by atoms with Crippen LogP contribution in [-0.4, -0.2) is 9.78 Å². The average molecular weight is 302 g/mol. The van der Waals surface area contributed by atoms with Crippen molar-refractivity contribution in [3.63, 3.8) is 0 Å². The van der Waals surface area contributed by atoms with Crippen LogP contribution in [0.1, 0.15) is 11.3 Å². The van der Waals surface area contributed by atoms with Crippen molar-refractivity contribution in [1.82, 2.24) is 9.78 Å². The first-order chi connectivity index (χ1) is 10.5. The van der Waals surface area contributed by atoms with E-state index in [1.807, 2.05) is 25.1 Å². The molecule has 1 aromatic heterocycles. The molecule has 2 nitrogen and oxygen atoms in total. The van der Waals surface area contributed by atoms with Crippen molar-refractivity contribution in [3.05, 3.63) is 71.9 Å². The summed E-state index contributed by atoms with van der Waals surface area (Å²) in [5, 5.41) is 3.76. The van der Waals surface area contributed by atoms with Gasteiger partial charge in [0.25, 0.3) is 0 Å². The standard InChI is InChI=1S/C17H13F3N2/c1-12-7-5-6-10-14(12)15-11-16(17(18,19)20)21-22(15)13-8-3-2-4-9-13/h2-11H,1H3. The lowest BCUT2D eigenvalue weighted by Gasteiger charge is -2.09. The summed E-state index contributed by atoms with van der Waals surface area (Å²) in [4.78, 5) is 0. The van der Waals surface area contributed by atoms with Crippen molar-refractivity contribution in [2.75, 3.05) is 0 Å². The molecular formula is C17H13F3N2. The zero-order valence-electron chi connectivity index (χ0n) is 11.8. The lowest BCUT2D eigenvalue weighted by molar-refractivity contribution is -0.141. The number of aryl methyl sites for hydroxylation is 1. The molecule has 1 heterocycles. The Morgan fingerprint density at radius 3 is 2.18 bits per heavy atom. The van der Waals surface area contributed by atoms with Crippen LogP contribution in [0.3, 0.4) is 0 Å². The number of benzene rings is 2. The maximum Gasteiger partial charge on any atom is 0.435 e. The van der Waals surface area contributed by atoms with Gasteiger partial charge >= 0.3 is 6.18 Å². The van der Waals surface area contributed by atoms with Gasteiger partial charge in [-0.25, -0.2) is 4.68 Å². The van der Waals surface area contributed by atoms with Gasteiger partial charge in [-0.05, 0) is 30.7 Å². The first-order valence-electron chi connectivity index (χ1n) is 6.75. The van der Waals surface area contributed by atoms with E-state index in [4.69, 9.17) is 0 Å². The second-order valence-electron chi connectivity index (χ2n) is 4.97. The van der Waals surface area contributed by atoms with Crippen molar-refractivity contribution in [2.45, 2.75) is 13.1 Å². The lowest BCUT2D eigenvalue weighted by atomic mass is 10.1. The molecular weight excluding hydrogens is 289 g/mol. The van der Waals surface area contributed by atoms with Gasteiger partial charge in [0, 0.05) is 5.56 Å². The molecule has 0 radical (unpaired) electrons. The predicted molar refractivity (Wildman–Crippen MR) is 78.7 cm³/mol. The van der Waals surface area contributed by atoms with E-state index in [9.17, 15) is 13.2 Å². The zero-order chi connectivity index (χ0) is 15.7. The van der Waals surface area contributed by atoms with Crippen molar-refractivity contribution >= 4 is 0 Å². The summed E-state index contributed by atoms with van der Waals surface area (Å²) in [6.07, 6.45) is -4.47. The second-order valence-corrected chi connectivity index (χ2v) is 4.97. The van der Waals surface area contributed by atoms with Gasteiger partial charge in [0.1, 0.15) is 0 Å². The van der Waals surface area contributed by atoms with E-state index in [0.717, 1.165) is 17.2 Å². The fourth-order valence-corrected chi connectivity index (χ4v) is 2.34. The van der Waals surface area contributed by atoms with Gasteiger partial charge in [-0.1, -0.05) is 42.5 Å². The largest absolute Gasteiger partial charge is 0.435 e. The van der Waals surface area contributed by atoms with Crippen LogP contribution in [-0.2, 0) is 6.18 Å². The Labute approximate surface area is 125 Å². The van der Waals surface area contributed by atoms with Gasteiger partial charge in [0.05, 0.1) is 11.4 Å². The molecule has 112 valence electrons. The highest BCUT2D eigenvalue weighted by atomic mass is 19.4. The Hall–Kier alpha value is -2.56. The first-order valence-corrected chi connectivity index (χ1v) is 6.75. The van der Waals surface area contributed by atoms with E-state index < -0.39 is 11.9 Å². The monoisotopic (exact) mass is 302 g/mol. The topological polar surface area (TPSA) is 17.8 Å². The number of hydrogen-bond acceptors (Lipinski definition) is 1. The van der Waals surface area contributed by atoms with E-state index in [1.165, 1.54) is 4.68 Å². The molecule has 2 aromatic carbocycles. The van der Waals surface area contributed by atoms with Gasteiger partial charge in [0.2, 0.25) is 0 Å². The predicted octanol–water partition coefficient (Wildman–Crippen LogP) is 4.87. The lowest BCUT2D eigenvalue weighted by Crippen LogP contribution is -2.07. The Bertz CT molecular complexity index is 789. The molecule has 0 unspecified atom stereocenters. The summed E-state index contributed by atoms with van der Waals surface area (Å²) >= 11 is 0. The highest BCUT2D eigenvalue weighted by molar-refractivity contribution is 5.66. The number of aromatic nitrogens is 2. The summed E-state index contributed by atoms with van der Waals surface area (Å²) in [7, 11) is 0. The number of alkyl halides is 3. The normalized spacial score (nSPS) is 11.6. The Morgan fingerprint density at radius 2 is 1.55 bits per heavy atom. The fraction of sp³-hybridized carbons (Fsp3) is 0.118. The summed E-state index contributed by atoms with van der Waals surface area (Å²) in [6, 6.07) is 17.2. The van der Waals surface area contributed by atoms with Crippen LogP contribution in [0.4, 0.5) is 13.2 Å². The molecule has 0 aliphatic rings. The second kappa shape index (κ2) is 5.33. The van der Waals surface area contributed by atoms with Gasteiger partial charge in [-0.2, -0.15) is 18.3 Å². The maximum atomic E-state index is 13.0. The van der Waals surface area contributed by atoms with E-state index in [1.54, 1.807) is 36.4 Å². The Morgan fingerprint density at radius 1 is 0.909 bits per heavy atom. The van der Waals surface area contributed by atoms with Crippen molar-refractivity contribution in [3.8, 4) is 16.9 Å². The third-order valence-corrected chi connectivity index (χ3v) is 3.42. The van der Waals surface area contributed by atoms with E-state index in [2.05, 4.69) is 5.10 Å². The molecule has 0 spiro atoms. The number of hydrogen-bond donors (Lipinski definition) is 0. The van der Waals surface area contributed by atoms with Gasteiger partial charge < -0.3 is 0 Å². The smallest absolute Gasteiger partial charge is 0.232 e. The molecule has 3 rings (SSSR count). The summed E-state index contributed by atoms with van der Waals surface area (Å²) in [6.45, 7) is 1.87.